The lowest BCUT2D eigenvalue weighted by atomic mass is 10.1. The third kappa shape index (κ3) is 4.01. The number of hydrogen-bond donors (Lipinski definition) is 2. The van der Waals surface area contributed by atoms with Gasteiger partial charge in [-0.1, -0.05) is 18.2 Å². The van der Waals surface area contributed by atoms with E-state index in [-0.39, 0.29) is 29.7 Å². The van der Waals surface area contributed by atoms with E-state index in [2.05, 4.69) is 20.6 Å². The van der Waals surface area contributed by atoms with Gasteiger partial charge in [0.05, 0.1) is 23.6 Å². The monoisotopic (exact) mass is 393 g/mol. The molecule has 3 heterocycles. The standard InChI is InChI=1S/C21H20FN5O2/c22-15-8-1-2-9-16(15)25-21(29)19-26-18(17-10-4-6-12-27(17)19)20(28)24-13-14-7-3-5-11-23-14/h1-3,5,7-9,11H,4,6,10,12-13H2,(H,24,28)(H,25,29). The molecule has 2 amide bonds. The van der Waals surface area contributed by atoms with Crippen molar-refractivity contribution in [1.82, 2.24) is 19.9 Å². The number of para-hydroxylation sites is 1. The molecule has 0 aliphatic carbocycles. The van der Waals surface area contributed by atoms with E-state index >= 15 is 0 Å². The molecule has 1 aliphatic heterocycles. The first-order valence-electron chi connectivity index (χ1n) is 9.47. The molecule has 2 aromatic heterocycles. The van der Waals surface area contributed by atoms with Gasteiger partial charge in [0, 0.05) is 12.7 Å². The number of nitrogens with one attached hydrogen (secondary N) is 2. The second-order valence-corrected chi connectivity index (χ2v) is 6.78. The normalized spacial score (nSPS) is 12.9. The summed E-state index contributed by atoms with van der Waals surface area (Å²) in [6.07, 6.45) is 4.12. The van der Waals surface area contributed by atoms with E-state index in [1.165, 1.54) is 12.1 Å². The molecule has 0 fully saturated rings. The van der Waals surface area contributed by atoms with Gasteiger partial charge in [0.2, 0.25) is 0 Å². The number of fused-ring (bicyclic) bond motifs is 1. The molecular weight excluding hydrogens is 373 g/mol. The fourth-order valence-electron chi connectivity index (χ4n) is 3.40. The summed E-state index contributed by atoms with van der Waals surface area (Å²) in [6, 6.07) is 11.4. The Morgan fingerprint density at radius 1 is 1.07 bits per heavy atom. The summed E-state index contributed by atoms with van der Waals surface area (Å²) in [4.78, 5) is 34.0. The maximum atomic E-state index is 13.9. The van der Waals surface area contributed by atoms with Gasteiger partial charge in [0.1, 0.15) is 11.5 Å². The van der Waals surface area contributed by atoms with Crippen LogP contribution in [0.5, 0.6) is 0 Å². The molecule has 7 nitrogen and oxygen atoms in total. The number of aromatic nitrogens is 3. The van der Waals surface area contributed by atoms with Gasteiger partial charge in [-0.3, -0.25) is 14.6 Å². The molecule has 0 unspecified atom stereocenters. The first-order chi connectivity index (χ1) is 14.1. The topological polar surface area (TPSA) is 88.9 Å². The van der Waals surface area contributed by atoms with E-state index in [1.807, 2.05) is 12.1 Å². The highest BCUT2D eigenvalue weighted by molar-refractivity contribution is 6.03. The number of amides is 2. The van der Waals surface area contributed by atoms with E-state index in [1.54, 1.807) is 29.0 Å². The lowest BCUT2D eigenvalue weighted by Crippen LogP contribution is -2.25. The van der Waals surface area contributed by atoms with Gasteiger partial charge in [-0.05, 0) is 43.5 Å². The van der Waals surface area contributed by atoms with Crippen LogP contribution in [0.2, 0.25) is 0 Å². The molecule has 0 radical (unpaired) electrons. The lowest BCUT2D eigenvalue weighted by Gasteiger charge is -2.17. The quantitative estimate of drug-likeness (QED) is 0.698. The van der Waals surface area contributed by atoms with Gasteiger partial charge < -0.3 is 15.2 Å². The number of imidazole rings is 1. The predicted molar refractivity (Wildman–Crippen MR) is 105 cm³/mol. The van der Waals surface area contributed by atoms with Gasteiger partial charge in [-0.15, -0.1) is 0 Å². The van der Waals surface area contributed by atoms with E-state index in [0.29, 0.717) is 13.0 Å². The van der Waals surface area contributed by atoms with Crippen molar-refractivity contribution >= 4 is 17.5 Å². The van der Waals surface area contributed by atoms with Crippen molar-refractivity contribution in [2.75, 3.05) is 5.32 Å². The minimum absolute atomic E-state index is 0.0758. The Labute approximate surface area is 167 Å². The lowest BCUT2D eigenvalue weighted by molar-refractivity contribution is 0.0944. The van der Waals surface area contributed by atoms with Gasteiger partial charge in [-0.25, -0.2) is 9.37 Å². The minimum atomic E-state index is -0.540. The van der Waals surface area contributed by atoms with Gasteiger partial charge in [0.25, 0.3) is 11.8 Å². The molecule has 1 aromatic carbocycles. The highest BCUT2D eigenvalue weighted by atomic mass is 19.1. The van der Waals surface area contributed by atoms with Crippen LogP contribution in [-0.4, -0.2) is 26.3 Å². The Hall–Kier alpha value is -3.55. The molecule has 0 atom stereocenters. The second-order valence-electron chi connectivity index (χ2n) is 6.78. The molecule has 29 heavy (non-hydrogen) atoms. The van der Waals surface area contributed by atoms with Crippen LogP contribution in [-0.2, 0) is 19.5 Å². The number of carbonyl (C=O) groups excluding carboxylic acids is 2. The summed E-state index contributed by atoms with van der Waals surface area (Å²) in [5.74, 6) is -1.31. The molecule has 0 bridgehead atoms. The van der Waals surface area contributed by atoms with E-state index in [4.69, 9.17) is 0 Å². The summed E-state index contributed by atoms with van der Waals surface area (Å²) >= 11 is 0. The number of carbonyl (C=O) groups is 2. The fourth-order valence-corrected chi connectivity index (χ4v) is 3.40. The Balaban J connectivity index is 1.57. The maximum absolute atomic E-state index is 13.9. The highest BCUT2D eigenvalue weighted by Crippen LogP contribution is 2.22. The average molecular weight is 393 g/mol. The molecule has 0 spiro atoms. The SMILES string of the molecule is O=C(NCc1ccccn1)c1nc(C(=O)Nc2ccccc2F)n2c1CCCC2. The Bertz CT molecular complexity index is 1050. The Morgan fingerprint density at radius 2 is 1.90 bits per heavy atom. The number of nitrogens with zero attached hydrogens (tertiary/aromatic N) is 3. The maximum Gasteiger partial charge on any atom is 0.291 e. The largest absolute Gasteiger partial charge is 0.345 e. The van der Waals surface area contributed by atoms with E-state index in [0.717, 1.165) is 24.2 Å². The zero-order chi connectivity index (χ0) is 20.2. The van der Waals surface area contributed by atoms with E-state index in [9.17, 15) is 14.0 Å². The smallest absolute Gasteiger partial charge is 0.291 e. The number of hydrogen-bond acceptors (Lipinski definition) is 4. The van der Waals surface area contributed by atoms with Crippen molar-refractivity contribution in [1.29, 1.82) is 0 Å². The van der Waals surface area contributed by atoms with Gasteiger partial charge in [-0.2, -0.15) is 0 Å². The van der Waals surface area contributed by atoms with Crippen molar-refractivity contribution in [3.8, 4) is 0 Å². The third-order valence-electron chi connectivity index (χ3n) is 4.81. The van der Waals surface area contributed by atoms with Crippen LogP contribution in [0, 0.1) is 5.82 Å². The van der Waals surface area contributed by atoms with Crippen LogP contribution in [0.1, 0.15) is 45.3 Å². The van der Waals surface area contributed by atoms with Crippen molar-refractivity contribution < 1.29 is 14.0 Å². The summed E-state index contributed by atoms with van der Waals surface area (Å²) in [5, 5.41) is 5.36. The van der Waals surface area contributed by atoms with E-state index < -0.39 is 11.7 Å². The highest BCUT2D eigenvalue weighted by Gasteiger charge is 2.27. The van der Waals surface area contributed by atoms with Crippen LogP contribution in [0.3, 0.4) is 0 Å². The minimum Gasteiger partial charge on any atom is -0.345 e. The first kappa shape index (κ1) is 18.8. The molecule has 148 valence electrons. The van der Waals surface area contributed by atoms with Crippen LogP contribution < -0.4 is 10.6 Å². The molecule has 3 aromatic rings. The zero-order valence-corrected chi connectivity index (χ0v) is 15.7. The Kier molecular flexibility index (Phi) is 5.33. The van der Waals surface area contributed by atoms with Crippen molar-refractivity contribution in [3.05, 3.63) is 77.4 Å². The summed E-state index contributed by atoms with van der Waals surface area (Å²) in [7, 11) is 0. The Morgan fingerprint density at radius 3 is 2.69 bits per heavy atom. The third-order valence-corrected chi connectivity index (χ3v) is 4.81. The number of anilines is 1. The van der Waals surface area contributed by atoms with Crippen molar-refractivity contribution in [2.45, 2.75) is 32.4 Å². The van der Waals surface area contributed by atoms with Crippen LogP contribution in [0.25, 0.3) is 0 Å². The van der Waals surface area contributed by atoms with Gasteiger partial charge >= 0.3 is 0 Å². The van der Waals surface area contributed by atoms with Crippen LogP contribution >= 0.6 is 0 Å². The molecule has 0 saturated carbocycles. The van der Waals surface area contributed by atoms with Crippen LogP contribution in [0.15, 0.2) is 48.7 Å². The number of pyridine rings is 1. The molecule has 4 rings (SSSR count). The average Bonchev–Trinajstić information content (AvgIpc) is 3.14. The molecular formula is C21H20FN5O2. The summed E-state index contributed by atoms with van der Waals surface area (Å²) < 4.78 is 15.6. The molecule has 8 heteroatoms. The van der Waals surface area contributed by atoms with Crippen molar-refractivity contribution in [2.24, 2.45) is 0 Å². The number of halogens is 1. The summed E-state index contributed by atoms with van der Waals surface area (Å²) in [5.41, 5.74) is 1.77. The van der Waals surface area contributed by atoms with Gasteiger partial charge in [0.15, 0.2) is 5.82 Å². The number of benzene rings is 1. The molecule has 2 N–H and O–H groups in total. The summed E-state index contributed by atoms with van der Waals surface area (Å²) in [6.45, 7) is 0.860. The van der Waals surface area contributed by atoms with Crippen LogP contribution in [0.4, 0.5) is 10.1 Å². The predicted octanol–water partition coefficient (Wildman–Crippen LogP) is 2.94. The molecule has 0 saturated heterocycles. The number of rotatable bonds is 5. The second kappa shape index (κ2) is 8.22. The zero-order valence-electron chi connectivity index (χ0n) is 15.7. The van der Waals surface area contributed by atoms with Crippen molar-refractivity contribution in [3.63, 3.8) is 0 Å². The first-order valence-corrected chi connectivity index (χ1v) is 9.47. The molecule has 1 aliphatic rings. The fraction of sp³-hybridized carbons (Fsp3) is 0.238.